The number of hydrogen-bond donors (Lipinski definition) is 0. The highest BCUT2D eigenvalue weighted by atomic mass is 19.1. The summed E-state index contributed by atoms with van der Waals surface area (Å²) in [6.07, 6.45) is 0.584. The zero-order valence-electron chi connectivity index (χ0n) is 10.5. The molecule has 1 amide bonds. The van der Waals surface area contributed by atoms with Gasteiger partial charge in [0, 0.05) is 24.2 Å². The predicted octanol–water partition coefficient (Wildman–Crippen LogP) is 3.02. The van der Waals surface area contributed by atoms with E-state index < -0.39 is 0 Å². The molecule has 0 fully saturated rings. The van der Waals surface area contributed by atoms with Crippen molar-refractivity contribution in [1.82, 2.24) is 4.90 Å². The van der Waals surface area contributed by atoms with Crippen molar-refractivity contribution >= 4 is 5.91 Å². The Morgan fingerprint density at radius 2 is 1.84 bits per heavy atom. The van der Waals surface area contributed by atoms with Crippen LogP contribution in [0, 0.1) is 5.82 Å². The van der Waals surface area contributed by atoms with Crippen molar-refractivity contribution in [3.8, 4) is 0 Å². The summed E-state index contributed by atoms with van der Waals surface area (Å²) >= 11 is 0. The molecule has 19 heavy (non-hydrogen) atoms. The molecule has 0 N–H and O–H groups in total. The Labute approximate surface area is 111 Å². The summed E-state index contributed by atoms with van der Waals surface area (Å²) in [5.41, 5.74) is 2.15. The van der Waals surface area contributed by atoms with Crippen LogP contribution in [-0.4, -0.2) is 17.4 Å². The normalized spacial score (nSPS) is 14.4. The van der Waals surface area contributed by atoms with Gasteiger partial charge in [-0.25, -0.2) is 4.39 Å². The van der Waals surface area contributed by atoms with E-state index in [1.807, 2.05) is 30.3 Å². The van der Waals surface area contributed by atoms with Crippen molar-refractivity contribution in [2.45, 2.75) is 13.0 Å². The van der Waals surface area contributed by atoms with E-state index in [-0.39, 0.29) is 11.7 Å². The number of hydrogen-bond acceptors (Lipinski definition) is 1. The summed E-state index contributed by atoms with van der Waals surface area (Å²) in [5.74, 6) is -0.352. The Hall–Kier alpha value is -2.16. The highest BCUT2D eigenvalue weighted by Gasteiger charge is 2.25. The van der Waals surface area contributed by atoms with E-state index >= 15 is 0 Å². The van der Waals surface area contributed by atoms with Gasteiger partial charge in [0.15, 0.2) is 0 Å². The van der Waals surface area contributed by atoms with Crippen LogP contribution < -0.4 is 0 Å². The van der Waals surface area contributed by atoms with Crippen molar-refractivity contribution in [1.29, 1.82) is 0 Å². The van der Waals surface area contributed by atoms with Gasteiger partial charge in [-0.2, -0.15) is 0 Å². The van der Waals surface area contributed by atoms with E-state index in [1.165, 1.54) is 6.07 Å². The lowest BCUT2D eigenvalue weighted by Crippen LogP contribution is -2.37. The number of amides is 1. The fourth-order valence-corrected chi connectivity index (χ4v) is 2.49. The minimum absolute atomic E-state index is 0.0791. The quantitative estimate of drug-likeness (QED) is 0.807. The number of carbonyl (C=O) groups is 1. The van der Waals surface area contributed by atoms with Crippen LogP contribution in [0.25, 0.3) is 0 Å². The average Bonchev–Trinajstić information content (AvgIpc) is 2.44. The Bertz CT molecular complexity index is 609. The van der Waals surface area contributed by atoms with Crippen LogP contribution in [0.1, 0.15) is 21.5 Å². The third-order valence-electron chi connectivity index (χ3n) is 3.48. The van der Waals surface area contributed by atoms with E-state index in [9.17, 15) is 9.18 Å². The van der Waals surface area contributed by atoms with Gasteiger partial charge in [-0.1, -0.05) is 36.4 Å². The lowest BCUT2D eigenvalue weighted by Gasteiger charge is -2.28. The van der Waals surface area contributed by atoms with Crippen molar-refractivity contribution in [2.24, 2.45) is 0 Å². The highest BCUT2D eigenvalue weighted by molar-refractivity contribution is 5.96. The first-order valence-corrected chi connectivity index (χ1v) is 6.36. The minimum Gasteiger partial charge on any atom is -0.334 e. The number of nitrogens with zero attached hydrogens (tertiary/aromatic N) is 1. The van der Waals surface area contributed by atoms with Crippen LogP contribution in [0.5, 0.6) is 0 Å². The maximum absolute atomic E-state index is 13.6. The Kier molecular flexibility index (Phi) is 3.03. The molecule has 0 bridgehead atoms. The molecule has 1 aliphatic heterocycles. The van der Waals surface area contributed by atoms with Gasteiger partial charge in [0.05, 0.1) is 0 Å². The number of benzene rings is 2. The first-order valence-electron chi connectivity index (χ1n) is 6.36. The molecule has 0 aromatic heterocycles. The molecule has 3 rings (SSSR count). The average molecular weight is 255 g/mol. The number of halogens is 1. The van der Waals surface area contributed by atoms with Gasteiger partial charge in [0.2, 0.25) is 0 Å². The topological polar surface area (TPSA) is 20.3 Å². The maximum atomic E-state index is 13.6. The molecule has 1 aliphatic rings. The number of fused-ring (bicyclic) bond motifs is 1. The second kappa shape index (κ2) is 4.84. The van der Waals surface area contributed by atoms with Crippen LogP contribution >= 0.6 is 0 Å². The second-order valence-electron chi connectivity index (χ2n) is 4.73. The molecule has 0 radical (unpaired) electrons. The molecule has 0 saturated heterocycles. The first-order chi connectivity index (χ1) is 9.25. The van der Waals surface area contributed by atoms with Crippen LogP contribution in [0.3, 0.4) is 0 Å². The van der Waals surface area contributed by atoms with E-state index in [1.54, 1.807) is 17.0 Å². The monoisotopic (exact) mass is 255 g/mol. The van der Waals surface area contributed by atoms with E-state index in [4.69, 9.17) is 0 Å². The third-order valence-corrected chi connectivity index (χ3v) is 3.48. The van der Waals surface area contributed by atoms with Crippen LogP contribution in [0.4, 0.5) is 4.39 Å². The van der Waals surface area contributed by atoms with Gasteiger partial charge >= 0.3 is 0 Å². The van der Waals surface area contributed by atoms with Crippen molar-refractivity contribution in [3.63, 3.8) is 0 Å². The maximum Gasteiger partial charge on any atom is 0.254 e. The van der Waals surface area contributed by atoms with Crippen LogP contribution in [0.2, 0.25) is 0 Å². The largest absolute Gasteiger partial charge is 0.334 e. The Balaban J connectivity index is 1.86. The second-order valence-corrected chi connectivity index (χ2v) is 4.73. The van der Waals surface area contributed by atoms with Gasteiger partial charge in [-0.3, -0.25) is 4.79 Å². The van der Waals surface area contributed by atoms with Crippen molar-refractivity contribution < 1.29 is 9.18 Å². The molecular weight excluding hydrogens is 241 g/mol. The Morgan fingerprint density at radius 3 is 2.63 bits per heavy atom. The van der Waals surface area contributed by atoms with E-state index in [0.29, 0.717) is 30.6 Å². The highest BCUT2D eigenvalue weighted by Crippen LogP contribution is 2.22. The molecule has 96 valence electrons. The summed E-state index contributed by atoms with van der Waals surface area (Å²) < 4.78 is 13.6. The molecule has 0 unspecified atom stereocenters. The van der Waals surface area contributed by atoms with Gasteiger partial charge in [-0.15, -0.1) is 0 Å². The van der Waals surface area contributed by atoms with Crippen LogP contribution in [-0.2, 0) is 13.0 Å². The zero-order chi connectivity index (χ0) is 13.2. The Morgan fingerprint density at radius 1 is 1.05 bits per heavy atom. The van der Waals surface area contributed by atoms with Crippen LogP contribution in [0.15, 0.2) is 48.5 Å². The van der Waals surface area contributed by atoms with Gasteiger partial charge in [0.25, 0.3) is 5.91 Å². The zero-order valence-corrected chi connectivity index (χ0v) is 10.5. The lowest BCUT2D eigenvalue weighted by molar-refractivity contribution is 0.0725. The molecule has 2 nitrogen and oxygen atoms in total. The molecule has 2 aromatic rings. The molecule has 0 saturated carbocycles. The predicted molar refractivity (Wildman–Crippen MR) is 71.3 cm³/mol. The van der Waals surface area contributed by atoms with Gasteiger partial charge in [0.1, 0.15) is 5.82 Å². The fourth-order valence-electron chi connectivity index (χ4n) is 2.49. The van der Waals surface area contributed by atoms with E-state index in [2.05, 4.69) is 0 Å². The molecule has 3 heteroatoms. The molecule has 0 aliphatic carbocycles. The standard InChI is InChI=1S/C16H14FNO/c17-15-8-4-7-14-13(15)9-10-18(16(14)19)11-12-5-2-1-3-6-12/h1-8H,9-11H2. The molecule has 1 heterocycles. The van der Waals surface area contributed by atoms with Gasteiger partial charge < -0.3 is 4.90 Å². The third kappa shape index (κ3) is 2.24. The smallest absolute Gasteiger partial charge is 0.254 e. The van der Waals surface area contributed by atoms with Crippen molar-refractivity contribution in [3.05, 3.63) is 71.0 Å². The molecular formula is C16H14FNO. The fraction of sp³-hybridized carbons (Fsp3) is 0.188. The summed E-state index contributed by atoms with van der Waals surface area (Å²) in [5, 5.41) is 0. The SMILES string of the molecule is O=C1c2cccc(F)c2CCN1Cc1ccccc1. The van der Waals surface area contributed by atoms with Gasteiger partial charge in [-0.05, 0) is 24.1 Å². The van der Waals surface area contributed by atoms with E-state index in [0.717, 1.165) is 5.56 Å². The lowest BCUT2D eigenvalue weighted by atomic mass is 9.98. The van der Waals surface area contributed by atoms with Crippen molar-refractivity contribution in [2.75, 3.05) is 6.54 Å². The minimum atomic E-state index is -0.273. The molecule has 0 atom stereocenters. The molecule has 0 spiro atoms. The summed E-state index contributed by atoms with van der Waals surface area (Å²) in [7, 11) is 0. The summed E-state index contributed by atoms with van der Waals surface area (Å²) in [4.78, 5) is 14.1. The molecule has 2 aromatic carbocycles. The first kappa shape index (κ1) is 11.9. The summed E-state index contributed by atoms with van der Waals surface area (Å²) in [6.45, 7) is 1.15. The number of rotatable bonds is 2. The number of carbonyl (C=O) groups excluding carboxylic acids is 1. The summed E-state index contributed by atoms with van der Waals surface area (Å²) in [6, 6.07) is 14.6.